The van der Waals surface area contributed by atoms with Crippen LogP contribution in [0, 0.1) is 0 Å². The van der Waals surface area contributed by atoms with E-state index in [4.69, 9.17) is 5.73 Å². The van der Waals surface area contributed by atoms with Crippen LogP contribution in [0.2, 0.25) is 0 Å². The first-order chi connectivity index (χ1) is 9.96. The number of rotatable bonds is 7. The zero-order chi connectivity index (χ0) is 15.5. The molecule has 2 aromatic heterocycles. The van der Waals surface area contributed by atoms with Crippen molar-refractivity contribution in [2.45, 2.75) is 36.9 Å². The minimum Gasteiger partial charge on any atom is -0.330 e. The third kappa shape index (κ3) is 4.10. The number of nitrogens with one attached hydrogen (secondary N) is 1. The molecule has 0 saturated heterocycles. The minimum absolute atomic E-state index is 0.324. The Morgan fingerprint density at radius 2 is 2.10 bits per heavy atom. The highest BCUT2D eigenvalue weighted by Crippen LogP contribution is 2.25. The van der Waals surface area contributed by atoms with Crippen molar-refractivity contribution < 1.29 is 8.42 Å². The maximum atomic E-state index is 12.4. The second kappa shape index (κ2) is 6.97. The quantitative estimate of drug-likeness (QED) is 0.806. The number of aromatic nitrogens is 1. The highest BCUT2D eigenvalue weighted by Gasteiger charge is 2.22. The van der Waals surface area contributed by atoms with E-state index in [1.165, 1.54) is 22.7 Å². The van der Waals surface area contributed by atoms with E-state index < -0.39 is 10.0 Å². The average Bonchev–Trinajstić information content (AvgIpc) is 3.07. The van der Waals surface area contributed by atoms with Crippen molar-refractivity contribution in [2.75, 3.05) is 6.54 Å². The molecule has 1 atom stereocenters. The molecule has 2 rings (SSSR count). The minimum atomic E-state index is -3.51. The zero-order valence-corrected chi connectivity index (χ0v) is 14.4. The van der Waals surface area contributed by atoms with Crippen molar-refractivity contribution in [3.05, 3.63) is 33.1 Å². The zero-order valence-electron chi connectivity index (χ0n) is 12.0. The molecule has 116 valence electrons. The molecule has 21 heavy (non-hydrogen) atoms. The summed E-state index contributed by atoms with van der Waals surface area (Å²) in [5.41, 5.74) is 5.49. The number of aryl methyl sites for hydroxylation is 1. The fourth-order valence-corrected chi connectivity index (χ4v) is 5.34. The second-order valence-corrected chi connectivity index (χ2v) is 8.88. The van der Waals surface area contributed by atoms with Gasteiger partial charge in [-0.2, -0.15) is 0 Å². The lowest BCUT2D eigenvalue weighted by Crippen LogP contribution is -2.26. The fourth-order valence-electron chi connectivity index (χ4n) is 1.81. The van der Waals surface area contributed by atoms with Gasteiger partial charge in [0.1, 0.15) is 9.22 Å². The number of thiazole rings is 1. The summed E-state index contributed by atoms with van der Waals surface area (Å²) in [4.78, 5) is 6.41. The van der Waals surface area contributed by atoms with Crippen LogP contribution in [0.3, 0.4) is 0 Å². The van der Waals surface area contributed by atoms with Gasteiger partial charge in [0, 0.05) is 16.0 Å². The van der Waals surface area contributed by atoms with Crippen molar-refractivity contribution in [3.63, 3.8) is 0 Å². The van der Waals surface area contributed by atoms with E-state index in [1.807, 2.05) is 13.0 Å². The molecule has 0 amide bonds. The monoisotopic (exact) mass is 345 g/mol. The van der Waals surface area contributed by atoms with Gasteiger partial charge < -0.3 is 5.73 Å². The van der Waals surface area contributed by atoms with Crippen molar-refractivity contribution in [1.29, 1.82) is 0 Å². The summed E-state index contributed by atoms with van der Waals surface area (Å²) >= 11 is 2.80. The van der Waals surface area contributed by atoms with E-state index in [1.54, 1.807) is 12.3 Å². The number of sulfonamides is 1. The van der Waals surface area contributed by atoms with Gasteiger partial charge in [0.2, 0.25) is 0 Å². The van der Waals surface area contributed by atoms with E-state index in [0.29, 0.717) is 17.2 Å². The molecule has 8 heteroatoms. The average molecular weight is 346 g/mol. The first-order valence-corrected chi connectivity index (χ1v) is 9.83. The van der Waals surface area contributed by atoms with Crippen LogP contribution in [0.4, 0.5) is 0 Å². The van der Waals surface area contributed by atoms with Crippen LogP contribution in [-0.2, 0) is 22.9 Å². The summed E-state index contributed by atoms with van der Waals surface area (Å²) in [6.45, 7) is 4.38. The van der Waals surface area contributed by atoms with Crippen LogP contribution < -0.4 is 10.5 Å². The molecule has 2 heterocycles. The summed E-state index contributed by atoms with van der Waals surface area (Å²) in [5, 5.41) is 0.786. The normalized spacial score (nSPS) is 13.5. The Morgan fingerprint density at radius 3 is 2.71 bits per heavy atom. The van der Waals surface area contributed by atoms with E-state index in [9.17, 15) is 8.42 Å². The first kappa shape index (κ1) is 16.6. The lowest BCUT2D eigenvalue weighted by molar-refractivity contribution is 0.568. The van der Waals surface area contributed by atoms with Crippen LogP contribution >= 0.6 is 22.7 Å². The molecule has 3 N–H and O–H groups in total. The van der Waals surface area contributed by atoms with E-state index >= 15 is 0 Å². The molecule has 0 aliphatic heterocycles. The van der Waals surface area contributed by atoms with Gasteiger partial charge >= 0.3 is 0 Å². The molecule has 2 aromatic rings. The van der Waals surface area contributed by atoms with Crippen molar-refractivity contribution in [2.24, 2.45) is 5.73 Å². The van der Waals surface area contributed by atoms with Gasteiger partial charge in [0.15, 0.2) is 0 Å². The van der Waals surface area contributed by atoms with E-state index in [0.717, 1.165) is 21.2 Å². The van der Waals surface area contributed by atoms with E-state index in [2.05, 4.69) is 16.6 Å². The lowest BCUT2D eigenvalue weighted by Gasteiger charge is -2.10. The molecule has 0 bridgehead atoms. The molecule has 0 aromatic carbocycles. The lowest BCUT2D eigenvalue weighted by atomic mass is 10.3. The Balaban J connectivity index is 2.12. The van der Waals surface area contributed by atoms with Gasteiger partial charge in [-0.05, 0) is 38.4 Å². The molecule has 0 spiro atoms. The van der Waals surface area contributed by atoms with Crippen molar-refractivity contribution in [3.8, 4) is 0 Å². The molecular weight excluding hydrogens is 326 g/mol. The fraction of sp³-hybridized carbons (Fsp3) is 0.462. The number of nitrogens with zero attached hydrogens (tertiary/aromatic N) is 1. The van der Waals surface area contributed by atoms with Crippen LogP contribution in [0.25, 0.3) is 0 Å². The highest BCUT2D eigenvalue weighted by atomic mass is 32.2. The number of hydrogen-bond donors (Lipinski definition) is 2. The van der Waals surface area contributed by atoms with Crippen LogP contribution in [0.15, 0.2) is 22.5 Å². The summed E-state index contributed by atoms with van der Waals surface area (Å²) in [6, 6.07) is 3.11. The first-order valence-electron chi connectivity index (χ1n) is 6.72. The summed E-state index contributed by atoms with van der Waals surface area (Å²) in [5.74, 6) is 0. The Labute approximate surface area is 133 Å². The predicted molar refractivity (Wildman–Crippen MR) is 87.3 cm³/mol. The second-order valence-electron chi connectivity index (χ2n) is 4.62. The van der Waals surface area contributed by atoms with Gasteiger partial charge in [-0.15, -0.1) is 22.7 Å². The largest absolute Gasteiger partial charge is 0.330 e. The Kier molecular flexibility index (Phi) is 5.50. The SMILES string of the molecule is CCc1cnc(C(C)NS(=O)(=O)c2ccc(CCN)s2)s1. The van der Waals surface area contributed by atoms with Crippen LogP contribution in [-0.4, -0.2) is 19.9 Å². The van der Waals surface area contributed by atoms with Gasteiger partial charge in [0.25, 0.3) is 10.0 Å². The highest BCUT2D eigenvalue weighted by molar-refractivity contribution is 7.91. The molecule has 5 nitrogen and oxygen atoms in total. The maximum Gasteiger partial charge on any atom is 0.250 e. The third-order valence-electron chi connectivity index (χ3n) is 2.91. The van der Waals surface area contributed by atoms with Crippen LogP contribution in [0.5, 0.6) is 0 Å². The number of nitrogens with two attached hydrogens (primary N) is 1. The Hall–Kier alpha value is -0.800. The van der Waals surface area contributed by atoms with E-state index in [-0.39, 0.29) is 6.04 Å². The van der Waals surface area contributed by atoms with Gasteiger partial charge in [-0.3, -0.25) is 0 Å². The summed E-state index contributed by atoms with van der Waals surface area (Å²) in [7, 11) is -3.51. The summed E-state index contributed by atoms with van der Waals surface area (Å²) in [6.07, 6.45) is 3.40. The standard InChI is InChI=1S/C13H19N3O2S3/c1-3-10-8-15-13(20-10)9(2)16-21(17,18)12-5-4-11(19-12)6-7-14/h4-5,8-9,16H,3,6-7,14H2,1-2H3. The van der Waals surface area contributed by atoms with Crippen molar-refractivity contribution in [1.82, 2.24) is 9.71 Å². The van der Waals surface area contributed by atoms with Gasteiger partial charge in [-0.25, -0.2) is 18.1 Å². The molecule has 1 unspecified atom stereocenters. The number of thiophene rings is 1. The molecule has 0 aliphatic rings. The molecular formula is C13H19N3O2S3. The van der Waals surface area contributed by atoms with Gasteiger partial charge in [0.05, 0.1) is 6.04 Å². The molecule has 0 saturated carbocycles. The third-order valence-corrected chi connectivity index (χ3v) is 7.42. The molecule has 0 fully saturated rings. The summed E-state index contributed by atoms with van der Waals surface area (Å²) < 4.78 is 27.7. The Bertz CT molecular complexity index is 691. The topological polar surface area (TPSA) is 85.1 Å². The van der Waals surface area contributed by atoms with Crippen molar-refractivity contribution >= 4 is 32.7 Å². The molecule has 0 radical (unpaired) electrons. The predicted octanol–water partition coefficient (Wildman–Crippen LogP) is 2.31. The number of hydrogen-bond acceptors (Lipinski definition) is 6. The molecule has 0 aliphatic carbocycles. The smallest absolute Gasteiger partial charge is 0.250 e. The maximum absolute atomic E-state index is 12.4. The van der Waals surface area contributed by atoms with Crippen LogP contribution in [0.1, 0.15) is 34.7 Å². The van der Waals surface area contributed by atoms with Gasteiger partial charge in [-0.1, -0.05) is 6.92 Å². The Morgan fingerprint density at radius 1 is 1.33 bits per heavy atom.